The first kappa shape index (κ1) is 48.5. The Morgan fingerprint density at radius 1 is 0.463 bits per heavy atom. The average molecular weight is 1140 g/mol. The van der Waals surface area contributed by atoms with Crippen LogP contribution in [-0.2, 0) is 0 Å². The minimum atomic E-state index is 0.599. The number of fused-ring (bicyclic) bond motifs is 12. The van der Waals surface area contributed by atoms with Gasteiger partial charge < -0.3 is 27.6 Å². The van der Waals surface area contributed by atoms with E-state index in [9.17, 15) is 0 Å². The summed E-state index contributed by atoms with van der Waals surface area (Å²) in [5.41, 5.74) is 19.1. The van der Waals surface area contributed by atoms with Crippen LogP contribution >= 0.6 is 22.6 Å². The number of nitrogens with zero attached hydrogens (tertiary/aromatic N) is 4. The van der Waals surface area contributed by atoms with Crippen LogP contribution in [0.5, 0.6) is 5.75 Å². The Morgan fingerprint density at radius 2 is 0.963 bits per heavy atom. The van der Waals surface area contributed by atoms with E-state index in [0.717, 1.165) is 87.3 Å². The Morgan fingerprint density at radius 3 is 1.57 bits per heavy atom. The Bertz CT molecular complexity index is 4800. The van der Waals surface area contributed by atoms with Gasteiger partial charge in [0, 0.05) is 62.3 Å². The number of furan rings is 2. The molecule has 10 heteroatoms. The molecule has 0 saturated carbocycles. The minimum Gasteiger partial charge on any atom is -0.537 e. The number of rotatable bonds is 7. The zero-order valence-electron chi connectivity index (χ0n) is 42.7. The van der Waals surface area contributed by atoms with Gasteiger partial charge in [0.25, 0.3) is 5.76 Å². The van der Waals surface area contributed by atoms with E-state index in [0.29, 0.717) is 13.4 Å². The first-order chi connectivity index (χ1) is 39.6. The van der Waals surface area contributed by atoms with E-state index < -0.39 is 0 Å². The third-order valence-corrected chi connectivity index (χ3v) is 15.5. The van der Waals surface area contributed by atoms with E-state index in [1.165, 1.54) is 49.2 Å². The van der Waals surface area contributed by atoms with Crippen molar-refractivity contribution in [3.63, 3.8) is 0 Å². The molecule has 6 aromatic heterocycles. The molecule has 6 heterocycles. The number of benzene rings is 9. The van der Waals surface area contributed by atoms with E-state index in [2.05, 4.69) is 224 Å². The molecule has 0 unspecified atom stereocenters. The maximum absolute atomic E-state index is 8.90. The second kappa shape index (κ2) is 20.8. The predicted octanol–water partition coefficient (Wildman–Crippen LogP) is 18.0. The number of para-hydroxylation sites is 5. The SMILES string of the molecule is Ic1ccnc2c3c(oc12)C=[C+]C=C3.O[B]Oc1cccc(-c2cccc(-n3c4ccccc4c4ccccc43)c2)c1.c1cc(-c2cccc(-n3c4ccccc4c4ccccc43)c2)cc(-c2ccnc3c2oc2ccccc23)c1. The van der Waals surface area contributed by atoms with Crippen molar-refractivity contribution in [2.24, 2.45) is 0 Å². The van der Waals surface area contributed by atoms with Gasteiger partial charge in [-0.3, -0.25) is 4.98 Å². The number of allylic oxidation sites excluding steroid dienone is 2. The predicted molar refractivity (Wildman–Crippen MR) is 335 cm³/mol. The lowest BCUT2D eigenvalue weighted by atomic mass is 9.98. The molecule has 1 aliphatic carbocycles. The zero-order valence-corrected chi connectivity index (χ0v) is 44.9. The fourth-order valence-electron chi connectivity index (χ4n) is 11.1. The van der Waals surface area contributed by atoms with Crippen LogP contribution < -0.4 is 4.65 Å². The summed E-state index contributed by atoms with van der Waals surface area (Å²) >= 11 is 2.25. The highest BCUT2D eigenvalue weighted by Crippen LogP contribution is 2.39. The molecular formula is C70H44BIN4O4+. The Balaban J connectivity index is 0.000000120. The minimum absolute atomic E-state index is 0.599. The van der Waals surface area contributed by atoms with Gasteiger partial charge in [-0.2, -0.15) is 0 Å². The molecule has 0 saturated heterocycles. The van der Waals surface area contributed by atoms with Gasteiger partial charge in [-0.1, -0.05) is 140 Å². The standard InChI is InChI=1S/C35H22N2O.C24H17BNO2.C11H5INO/c1-4-16-31-28(13-1)29-14-2-5-17-32(29)37(31)26-12-8-10-24(22-26)23-9-7-11-25(21-23)27-19-20-36-34-30-15-3-6-18-33(30)38-35(27)34;27-25-28-20-10-6-8-18(16-20)17-7-5-9-19(15-17)26-23-13-3-1-11-21(23)22-12-2-4-14-24(22)26;12-8-5-6-13-10-7-3-1-2-4-9(7)14-11(8)10/h1-22H;1-16,27H;1,3-6H/q;;+1. The summed E-state index contributed by atoms with van der Waals surface area (Å²) in [7, 11) is 0.702. The molecule has 8 nitrogen and oxygen atoms in total. The molecule has 1 radical (unpaired) electrons. The molecule has 1 aliphatic rings. The fraction of sp³-hybridized carbons (Fsp3) is 0. The maximum Gasteiger partial charge on any atom is 0.569 e. The zero-order chi connectivity index (χ0) is 53.5. The summed E-state index contributed by atoms with van der Waals surface area (Å²) in [5.74, 6) is 1.45. The number of hydrogen-bond acceptors (Lipinski definition) is 6. The second-order valence-electron chi connectivity index (χ2n) is 19.3. The Kier molecular flexibility index (Phi) is 12.6. The molecule has 0 bridgehead atoms. The summed E-state index contributed by atoms with van der Waals surface area (Å²) in [5, 5.41) is 15.0. The summed E-state index contributed by atoms with van der Waals surface area (Å²) in [6.45, 7) is 0. The summed E-state index contributed by atoms with van der Waals surface area (Å²) < 4.78 is 22.8. The average Bonchev–Trinajstić information content (AvgIpc) is 4.32. The lowest BCUT2D eigenvalue weighted by Crippen LogP contribution is -1.99. The van der Waals surface area contributed by atoms with E-state index >= 15 is 0 Å². The van der Waals surface area contributed by atoms with Gasteiger partial charge in [0.15, 0.2) is 16.7 Å². The van der Waals surface area contributed by atoms with Crippen molar-refractivity contribution in [2.75, 3.05) is 0 Å². The smallest absolute Gasteiger partial charge is 0.537 e. The second-order valence-corrected chi connectivity index (χ2v) is 20.5. The topological polar surface area (TPSA) is 91.4 Å². The molecule has 80 heavy (non-hydrogen) atoms. The van der Waals surface area contributed by atoms with E-state index in [1.54, 1.807) is 6.20 Å². The van der Waals surface area contributed by atoms with E-state index in [1.807, 2.05) is 79.0 Å². The van der Waals surface area contributed by atoms with Gasteiger partial charge in [0.05, 0.1) is 31.7 Å². The first-order valence-electron chi connectivity index (χ1n) is 26.2. The van der Waals surface area contributed by atoms with Crippen LogP contribution in [0, 0.1) is 9.65 Å². The normalized spacial score (nSPS) is 11.7. The molecule has 0 amide bonds. The van der Waals surface area contributed by atoms with Crippen molar-refractivity contribution < 1.29 is 18.5 Å². The molecule has 0 aliphatic heterocycles. The molecule has 377 valence electrons. The van der Waals surface area contributed by atoms with Gasteiger partial charge in [-0.05, 0) is 141 Å². The number of pyridine rings is 2. The Hall–Kier alpha value is -9.84. The monoisotopic (exact) mass is 1140 g/mol. The molecule has 1 N–H and O–H groups in total. The van der Waals surface area contributed by atoms with Gasteiger partial charge in [-0.15, -0.1) is 0 Å². The van der Waals surface area contributed by atoms with E-state index in [-0.39, 0.29) is 0 Å². The molecule has 16 rings (SSSR count). The van der Waals surface area contributed by atoms with Crippen LogP contribution in [0.15, 0.2) is 258 Å². The summed E-state index contributed by atoms with van der Waals surface area (Å²) in [6.07, 6.45) is 12.4. The first-order valence-corrected chi connectivity index (χ1v) is 27.2. The van der Waals surface area contributed by atoms with Gasteiger partial charge >= 0.3 is 7.69 Å². The van der Waals surface area contributed by atoms with Crippen molar-refractivity contribution in [3.05, 3.63) is 270 Å². The number of aromatic nitrogens is 4. The quantitative estimate of drug-likeness (QED) is 0.0971. The largest absolute Gasteiger partial charge is 0.569 e. The fourth-order valence-corrected chi connectivity index (χ4v) is 11.6. The van der Waals surface area contributed by atoms with Gasteiger partial charge in [0.1, 0.15) is 34.5 Å². The third kappa shape index (κ3) is 8.78. The van der Waals surface area contributed by atoms with Gasteiger partial charge in [-0.25, -0.2) is 4.98 Å². The van der Waals surface area contributed by atoms with Crippen molar-refractivity contribution >= 4 is 119 Å². The van der Waals surface area contributed by atoms with Gasteiger partial charge in [0.2, 0.25) is 0 Å². The van der Waals surface area contributed by atoms with Crippen LogP contribution in [0.1, 0.15) is 11.3 Å². The lowest BCUT2D eigenvalue weighted by Gasteiger charge is -2.11. The highest BCUT2D eigenvalue weighted by atomic mass is 127. The van der Waals surface area contributed by atoms with Crippen LogP contribution in [0.4, 0.5) is 0 Å². The number of hydrogen-bond donors (Lipinski definition) is 1. The lowest BCUT2D eigenvalue weighted by molar-refractivity contribution is 0.454. The molecular weight excluding hydrogens is 1100 g/mol. The summed E-state index contributed by atoms with van der Waals surface area (Å²) in [4.78, 5) is 8.95. The number of halogens is 1. The Labute approximate surface area is 474 Å². The van der Waals surface area contributed by atoms with E-state index in [4.69, 9.17) is 18.5 Å². The molecule has 0 spiro atoms. The van der Waals surface area contributed by atoms with Crippen molar-refractivity contribution in [2.45, 2.75) is 0 Å². The highest BCUT2D eigenvalue weighted by Gasteiger charge is 2.22. The molecule has 15 aromatic rings. The summed E-state index contributed by atoms with van der Waals surface area (Å²) in [6, 6.07) is 79.9. The van der Waals surface area contributed by atoms with Crippen LogP contribution in [-0.4, -0.2) is 31.8 Å². The highest BCUT2D eigenvalue weighted by molar-refractivity contribution is 14.1. The van der Waals surface area contributed by atoms with Crippen molar-refractivity contribution in [1.29, 1.82) is 0 Å². The molecule has 9 aromatic carbocycles. The van der Waals surface area contributed by atoms with Crippen LogP contribution in [0.2, 0.25) is 0 Å². The van der Waals surface area contributed by atoms with Crippen LogP contribution in [0.3, 0.4) is 0 Å². The van der Waals surface area contributed by atoms with Crippen molar-refractivity contribution in [1.82, 2.24) is 19.1 Å². The molecule has 0 atom stereocenters. The maximum atomic E-state index is 8.90. The molecule has 0 fully saturated rings. The van der Waals surface area contributed by atoms with Crippen molar-refractivity contribution in [3.8, 4) is 50.5 Å². The van der Waals surface area contributed by atoms with Crippen LogP contribution in [0.25, 0.3) is 134 Å². The third-order valence-electron chi connectivity index (χ3n) is 14.6.